The maximum atomic E-state index is 12.7. The van der Waals surface area contributed by atoms with Crippen LogP contribution in [0.3, 0.4) is 0 Å². The van der Waals surface area contributed by atoms with E-state index in [1.54, 1.807) is 0 Å². The van der Waals surface area contributed by atoms with Crippen LogP contribution in [0.2, 0.25) is 0 Å². The molecule has 52 heavy (non-hydrogen) atoms. The minimum atomic E-state index is -0.758. The lowest BCUT2D eigenvalue weighted by molar-refractivity contribution is -0.139. The molecular formula is C38H60N8O6. The van der Waals surface area contributed by atoms with E-state index in [1.165, 1.54) is 0 Å². The Morgan fingerprint density at radius 1 is 0.423 bits per heavy atom. The fourth-order valence-corrected chi connectivity index (χ4v) is 5.52. The molecule has 4 amide bonds. The molecule has 2 aromatic rings. The van der Waals surface area contributed by atoms with E-state index in [-0.39, 0.29) is 37.7 Å². The van der Waals surface area contributed by atoms with Gasteiger partial charge in [0.1, 0.15) is 11.5 Å². The van der Waals surface area contributed by atoms with Crippen molar-refractivity contribution >= 4 is 23.6 Å². The molecule has 0 fully saturated rings. The molecule has 2 aromatic carbocycles. The van der Waals surface area contributed by atoms with E-state index < -0.39 is 45.8 Å². The Morgan fingerprint density at radius 3 is 0.808 bits per heavy atom. The third kappa shape index (κ3) is 13.1. The second-order valence-electron chi connectivity index (χ2n) is 16.5. The van der Waals surface area contributed by atoms with Crippen molar-refractivity contribution in [1.29, 1.82) is 0 Å². The topological polar surface area (TPSA) is 205 Å². The van der Waals surface area contributed by atoms with Gasteiger partial charge in [-0.3, -0.25) is 19.2 Å². The number of aromatic hydroxyl groups is 2. The van der Waals surface area contributed by atoms with Gasteiger partial charge in [-0.05, 0) is 69.2 Å². The summed E-state index contributed by atoms with van der Waals surface area (Å²) in [5, 5.41) is 46.5. The normalized spacial score (nSPS) is 21.1. The van der Waals surface area contributed by atoms with Gasteiger partial charge in [0.05, 0.1) is 0 Å². The molecular weight excluding hydrogens is 664 g/mol. The first-order valence-electron chi connectivity index (χ1n) is 17.7. The zero-order valence-corrected chi connectivity index (χ0v) is 32.5. The zero-order valence-electron chi connectivity index (χ0n) is 32.5. The lowest BCUT2D eigenvalue weighted by Crippen LogP contribution is -2.54. The molecule has 0 saturated heterocycles. The molecule has 0 spiro atoms. The van der Waals surface area contributed by atoms with E-state index in [2.05, 4.69) is 42.5 Å². The van der Waals surface area contributed by atoms with Gasteiger partial charge in [0.2, 0.25) is 0 Å². The largest absolute Gasteiger partial charge is 0.507 e. The Hall–Kier alpha value is -4.24. The number of rotatable bonds is 0. The van der Waals surface area contributed by atoms with E-state index in [0.29, 0.717) is 48.4 Å². The molecule has 0 unspecified atom stereocenters. The van der Waals surface area contributed by atoms with Crippen LogP contribution < -0.4 is 42.5 Å². The van der Waals surface area contributed by atoms with Gasteiger partial charge in [-0.1, -0.05) is 35.4 Å². The maximum Gasteiger partial charge on any atom is 0.309 e. The van der Waals surface area contributed by atoms with Crippen LogP contribution in [-0.4, -0.2) is 82.2 Å². The summed E-state index contributed by atoms with van der Waals surface area (Å²) >= 11 is 0. The van der Waals surface area contributed by atoms with Crippen LogP contribution in [0.1, 0.15) is 88.8 Å². The third-order valence-electron chi connectivity index (χ3n) is 9.03. The minimum Gasteiger partial charge on any atom is -0.507 e. The first-order chi connectivity index (χ1) is 24.0. The lowest BCUT2D eigenvalue weighted by atomic mass is 10.00. The van der Waals surface area contributed by atoms with Crippen molar-refractivity contribution in [3.05, 3.63) is 57.6 Å². The summed E-state index contributed by atoms with van der Waals surface area (Å²) < 4.78 is 0. The smallest absolute Gasteiger partial charge is 0.309 e. The molecule has 14 heteroatoms. The number of amides is 4. The van der Waals surface area contributed by atoms with Gasteiger partial charge in [0.15, 0.2) is 0 Å². The Kier molecular flexibility index (Phi) is 13.8. The monoisotopic (exact) mass is 724 g/mol. The Bertz CT molecular complexity index is 1410. The summed E-state index contributed by atoms with van der Waals surface area (Å²) in [5.74, 6) is -2.79. The number of phenols is 2. The van der Waals surface area contributed by atoms with Crippen molar-refractivity contribution in [3.8, 4) is 11.5 Å². The molecule has 288 valence electrons. The van der Waals surface area contributed by atoms with Crippen molar-refractivity contribution in [3.63, 3.8) is 0 Å². The molecule has 3 rings (SSSR count). The van der Waals surface area contributed by atoms with Crippen molar-refractivity contribution in [2.24, 2.45) is 0 Å². The number of hydrogen-bond donors (Lipinski definition) is 10. The summed E-state index contributed by atoms with van der Waals surface area (Å²) in [6.45, 7) is 20.8. The number of aryl methyl sites for hydroxylation is 2. The fraction of sp³-hybridized carbons (Fsp3) is 0.579. The van der Waals surface area contributed by atoms with E-state index in [0.717, 1.165) is 11.1 Å². The van der Waals surface area contributed by atoms with Gasteiger partial charge in [0, 0.05) is 96.8 Å². The quantitative estimate of drug-likeness (QED) is 0.177. The minimum absolute atomic E-state index is 0.119. The highest BCUT2D eigenvalue weighted by molar-refractivity contribution is 6.35. The summed E-state index contributed by atoms with van der Waals surface area (Å²) in [4.78, 5) is 50.9. The van der Waals surface area contributed by atoms with Crippen molar-refractivity contribution in [1.82, 2.24) is 42.5 Å². The number of hydrogen-bond acceptors (Lipinski definition) is 10. The molecule has 1 aliphatic heterocycles. The second kappa shape index (κ2) is 17.1. The van der Waals surface area contributed by atoms with Crippen molar-refractivity contribution in [2.45, 2.75) is 118 Å². The highest BCUT2D eigenvalue weighted by Crippen LogP contribution is 2.27. The van der Waals surface area contributed by atoms with Gasteiger partial charge in [-0.25, -0.2) is 0 Å². The van der Waals surface area contributed by atoms with Gasteiger partial charge >= 0.3 is 23.6 Å². The van der Waals surface area contributed by atoms with Gasteiger partial charge in [0.25, 0.3) is 0 Å². The number of carbonyl (C=O) groups is 4. The average Bonchev–Trinajstić information content (AvgIpc) is 3.06. The van der Waals surface area contributed by atoms with Gasteiger partial charge in [-0.15, -0.1) is 0 Å². The van der Waals surface area contributed by atoms with E-state index in [4.69, 9.17) is 0 Å². The molecule has 0 aliphatic carbocycles. The molecule has 1 aliphatic rings. The summed E-state index contributed by atoms with van der Waals surface area (Å²) in [6.07, 6.45) is 0. The van der Waals surface area contributed by atoms with Gasteiger partial charge < -0.3 is 52.7 Å². The third-order valence-corrected chi connectivity index (χ3v) is 9.03. The second-order valence-corrected chi connectivity index (χ2v) is 16.5. The molecule has 0 saturated carbocycles. The highest BCUT2D eigenvalue weighted by atomic mass is 16.3. The SMILES string of the molecule is Cc1cc2c(O)c(c1)CNC(C)(C)CNC(=O)C(=O)NCC(C)(C)NCc1cc(C)cc(c1O)CNC(C)(C)CNC(=O)C(=O)NCC(C)(C)NC2. The number of fused-ring (bicyclic) bond motifs is 4. The number of nitrogens with one attached hydrogen (secondary N) is 8. The van der Waals surface area contributed by atoms with Crippen LogP contribution >= 0.6 is 0 Å². The fourth-order valence-electron chi connectivity index (χ4n) is 5.52. The summed E-state index contributed by atoms with van der Waals surface area (Å²) in [5.41, 5.74) is 2.04. The Morgan fingerprint density at radius 2 is 0.615 bits per heavy atom. The first-order valence-corrected chi connectivity index (χ1v) is 17.7. The lowest BCUT2D eigenvalue weighted by Gasteiger charge is -2.29. The van der Waals surface area contributed by atoms with Crippen LogP contribution in [0.4, 0.5) is 0 Å². The van der Waals surface area contributed by atoms with E-state index in [9.17, 15) is 29.4 Å². The molecule has 10 N–H and O–H groups in total. The molecule has 1 heterocycles. The molecule has 14 nitrogen and oxygen atoms in total. The summed E-state index contributed by atoms with van der Waals surface area (Å²) in [7, 11) is 0. The zero-order chi connectivity index (χ0) is 39.1. The number of carbonyl (C=O) groups excluding carboxylic acids is 4. The van der Waals surface area contributed by atoms with Crippen LogP contribution in [0.25, 0.3) is 0 Å². The molecule has 0 aromatic heterocycles. The van der Waals surface area contributed by atoms with E-state index >= 15 is 0 Å². The summed E-state index contributed by atoms with van der Waals surface area (Å²) in [6, 6.07) is 7.53. The van der Waals surface area contributed by atoms with Crippen LogP contribution in [0, 0.1) is 13.8 Å². The standard InChI is InChI=1S/C38H60N8O6/c1-23-11-25-15-43-35(3,4)19-39-31(49)33(51)41-21-37(7,8)45-17-27-13-24(2)14-28(30(27)48)18-46-38(9,10)22-42-34(52)32(50)40-20-36(5,6)44-16-26(12-23)29(25)47/h11-14,43-48H,15-22H2,1-10H3,(H,39,49)(H,40,50)(H,41,51)(H,42,52). The van der Waals surface area contributed by atoms with Crippen LogP contribution in [-0.2, 0) is 45.4 Å². The van der Waals surface area contributed by atoms with Crippen LogP contribution in [0.5, 0.6) is 11.5 Å². The van der Waals surface area contributed by atoms with Crippen LogP contribution in [0.15, 0.2) is 24.3 Å². The number of benzene rings is 2. The Labute approximate surface area is 308 Å². The highest BCUT2D eigenvalue weighted by Gasteiger charge is 2.27. The van der Waals surface area contributed by atoms with Crippen molar-refractivity contribution in [2.75, 3.05) is 26.2 Å². The van der Waals surface area contributed by atoms with E-state index in [1.807, 2.05) is 93.5 Å². The molecule has 0 radical (unpaired) electrons. The predicted molar refractivity (Wildman–Crippen MR) is 201 cm³/mol. The van der Waals surface area contributed by atoms with Crippen molar-refractivity contribution < 1.29 is 29.4 Å². The predicted octanol–water partition coefficient (Wildman–Crippen LogP) is 1.37. The molecule has 0 atom stereocenters. The Balaban J connectivity index is 1.81. The molecule has 4 bridgehead atoms. The van der Waals surface area contributed by atoms with Gasteiger partial charge in [-0.2, -0.15) is 0 Å². The number of phenolic OH excluding ortho intramolecular Hbond substituents is 2. The average molecular weight is 725 g/mol. The maximum absolute atomic E-state index is 12.7. The first kappa shape index (κ1) is 42.2.